The number of halogens is 2. The Hall–Kier alpha value is -1.39. The van der Waals surface area contributed by atoms with Gasteiger partial charge in [-0.1, -0.05) is 11.6 Å². The second kappa shape index (κ2) is 5.72. The molecule has 1 amide bonds. The zero-order valence-corrected chi connectivity index (χ0v) is 12.8. The van der Waals surface area contributed by atoms with E-state index in [1.807, 2.05) is 19.9 Å². The number of rotatable bonds is 2. The second-order valence-electron chi connectivity index (χ2n) is 4.24. The van der Waals surface area contributed by atoms with E-state index < -0.39 is 0 Å². The molecule has 1 heterocycles. The van der Waals surface area contributed by atoms with Crippen molar-refractivity contribution in [3.05, 3.63) is 56.6 Å². The van der Waals surface area contributed by atoms with Gasteiger partial charge in [0.15, 0.2) is 0 Å². The highest BCUT2D eigenvalue weighted by Gasteiger charge is 2.09. The lowest BCUT2D eigenvalue weighted by molar-refractivity contribution is 0.102. The van der Waals surface area contributed by atoms with E-state index >= 15 is 0 Å². The van der Waals surface area contributed by atoms with Crippen molar-refractivity contribution >= 4 is 39.3 Å². The largest absolute Gasteiger partial charge is 0.307 e. The van der Waals surface area contributed by atoms with Crippen molar-refractivity contribution in [3.63, 3.8) is 0 Å². The molecule has 0 fully saturated rings. The zero-order chi connectivity index (χ0) is 14.0. The third kappa shape index (κ3) is 3.33. The number of pyridine rings is 1. The van der Waals surface area contributed by atoms with Gasteiger partial charge in [0.1, 0.15) is 5.82 Å². The molecule has 0 radical (unpaired) electrons. The van der Waals surface area contributed by atoms with Gasteiger partial charge in [0, 0.05) is 21.3 Å². The number of carbonyl (C=O) groups excluding carboxylic acids is 1. The molecule has 0 spiro atoms. The first kappa shape index (κ1) is 14.0. The minimum atomic E-state index is -0.200. The van der Waals surface area contributed by atoms with Gasteiger partial charge in [-0.15, -0.1) is 0 Å². The van der Waals surface area contributed by atoms with E-state index in [4.69, 9.17) is 11.6 Å². The first-order chi connectivity index (χ1) is 8.97. The number of aromatic nitrogens is 1. The number of carbonyl (C=O) groups is 1. The molecule has 1 N–H and O–H groups in total. The minimum Gasteiger partial charge on any atom is -0.307 e. The van der Waals surface area contributed by atoms with Gasteiger partial charge in [-0.05, 0) is 65.2 Å². The summed E-state index contributed by atoms with van der Waals surface area (Å²) in [5, 5.41) is 3.41. The lowest BCUT2D eigenvalue weighted by Gasteiger charge is -2.07. The topological polar surface area (TPSA) is 42.0 Å². The molecule has 0 bridgehead atoms. The molecule has 0 aliphatic heterocycles. The van der Waals surface area contributed by atoms with Crippen LogP contribution in [0.4, 0.5) is 5.82 Å². The Labute approximate surface area is 125 Å². The highest BCUT2D eigenvalue weighted by molar-refractivity contribution is 9.10. The van der Waals surface area contributed by atoms with Gasteiger partial charge >= 0.3 is 0 Å². The monoisotopic (exact) mass is 338 g/mol. The summed E-state index contributed by atoms with van der Waals surface area (Å²) < 4.78 is 0.910. The maximum Gasteiger partial charge on any atom is 0.256 e. The highest BCUT2D eigenvalue weighted by Crippen LogP contribution is 2.19. The average molecular weight is 340 g/mol. The van der Waals surface area contributed by atoms with Crippen LogP contribution in [0.2, 0.25) is 5.02 Å². The van der Waals surface area contributed by atoms with E-state index in [1.165, 1.54) is 0 Å². The van der Waals surface area contributed by atoms with Crippen LogP contribution in [0.15, 0.2) is 34.9 Å². The third-order valence-electron chi connectivity index (χ3n) is 2.71. The summed E-state index contributed by atoms with van der Waals surface area (Å²) in [6.45, 7) is 3.80. The fourth-order valence-corrected chi connectivity index (χ4v) is 1.92. The Morgan fingerprint density at radius 1 is 1.26 bits per heavy atom. The molecule has 2 rings (SSSR count). The molecule has 19 heavy (non-hydrogen) atoms. The molecule has 0 aliphatic carbocycles. The number of hydrogen-bond acceptors (Lipinski definition) is 2. The van der Waals surface area contributed by atoms with Gasteiger partial charge in [0.05, 0.1) is 0 Å². The standard InChI is InChI=1S/C14H12BrClN2O/c1-8-6-13(17-7-11(8)15)18-14(19)10-3-4-12(16)9(2)5-10/h3-7H,1-2H3,(H,17,18,19). The van der Waals surface area contributed by atoms with Crippen LogP contribution >= 0.6 is 27.5 Å². The van der Waals surface area contributed by atoms with Crippen molar-refractivity contribution in [2.24, 2.45) is 0 Å². The molecule has 1 aromatic carbocycles. The summed E-state index contributed by atoms with van der Waals surface area (Å²) in [5.41, 5.74) is 2.44. The molecule has 3 nitrogen and oxygen atoms in total. The van der Waals surface area contributed by atoms with Crippen molar-refractivity contribution in [1.82, 2.24) is 4.98 Å². The van der Waals surface area contributed by atoms with Gasteiger partial charge in [-0.25, -0.2) is 4.98 Å². The van der Waals surface area contributed by atoms with Crippen molar-refractivity contribution in [1.29, 1.82) is 0 Å². The van der Waals surface area contributed by atoms with Gasteiger partial charge < -0.3 is 5.32 Å². The molecule has 0 atom stereocenters. The van der Waals surface area contributed by atoms with E-state index in [0.717, 1.165) is 15.6 Å². The smallest absolute Gasteiger partial charge is 0.256 e. The van der Waals surface area contributed by atoms with Gasteiger partial charge in [-0.3, -0.25) is 4.79 Å². The number of anilines is 1. The normalized spacial score (nSPS) is 10.3. The summed E-state index contributed by atoms with van der Waals surface area (Å²) in [6.07, 6.45) is 1.66. The molecule has 0 aliphatic rings. The molecule has 0 saturated carbocycles. The van der Waals surface area contributed by atoms with E-state index in [1.54, 1.807) is 24.4 Å². The molecule has 1 aromatic heterocycles. The predicted octanol–water partition coefficient (Wildman–Crippen LogP) is 4.37. The number of hydrogen-bond donors (Lipinski definition) is 1. The van der Waals surface area contributed by atoms with Crippen LogP contribution in [0.3, 0.4) is 0 Å². The van der Waals surface area contributed by atoms with Crippen molar-refractivity contribution < 1.29 is 4.79 Å². The molecule has 2 aromatic rings. The Kier molecular flexibility index (Phi) is 4.22. The SMILES string of the molecule is Cc1cc(C(=O)Nc2cc(C)c(Br)cn2)ccc1Cl. The summed E-state index contributed by atoms with van der Waals surface area (Å²) in [6, 6.07) is 6.97. The maximum absolute atomic E-state index is 12.1. The van der Waals surface area contributed by atoms with E-state index in [2.05, 4.69) is 26.2 Å². The van der Waals surface area contributed by atoms with E-state index in [-0.39, 0.29) is 5.91 Å². The molecule has 0 unspecified atom stereocenters. The van der Waals surface area contributed by atoms with Crippen LogP contribution in [0.1, 0.15) is 21.5 Å². The number of amides is 1. The van der Waals surface area contributed by atoms with Crippen LogP contribution in [0.25, 0.3) is 0 Å². The highest BCUT2D eigenvalue weighted by atomic mass is 79.9. The van der Waals surface area contributed by atoms with Gasteiger partial charge in [0.2, 0.25) is 0 Å². The summed E-state index contributed by atoms with van der Waals surface area (Å²) in [4.78, 5) is 16.2. The van der Waals surface area contributed by atoms with Crippen molar-refractivity contribution in [2.45, 2.75) is 13.8 Å². The summed E-state index contributed by atoms with van der Waals surface area (Å²) in [5.74, 6) is 0.326. The number of benzene rings is 1. The van der Waals surface area contributed by atoms with Crippen LogP contribution in [0, 0.1) is 13.8 Å². The average Bonchev–Trinajstić information content (AvgIpc) is 2.37. The zero-order valence-electron chi connectivity index (χ0n) is 10.5. The van der Waals surface area contributed by atoms with Crippen LogP contribution in [-0.2, 0) is 0 Å². The number of aryl methyl sites for hydroxylation is 2. The number of nitrogens with zero attached hydrogens (tertiary/aromatic N) is 1. The molecule has 0 saturated heterocycles. The molecular formula is C14H12BrClN2O. The Morgan fingerprint density at radius 3 is 2.63 bits per heavy atom. The van der Waals surface area contributed by atoms with Crippen molar-refractivity contribution in [3.8, 4) is 0 Å². The molecular weight excluding hydrogens is 328 g/mol. The van der Waals surface area contributed by atoms with Crippen molar-refractivity contribution in [2.75, 3.05) is 5.32 Å². The maximum atomic E-state index is 12.1. The summed E-state index contributed by atoms with van der Waals surface area (Å²) >= 11 is 9.30. The van der Waals surface area contributed by atoms with E-state index in [0.29, 0.717) is 16.4 Å². The predicted molar refractivity (Wildman–Crippen MR) is 80.8 cm³/mol. The van der Waals surface area contributed by atoms with Gasteiger partial charge in [0.25, 0.3) is 5.91 Å². The fourth-order valence-electron chi connectivity index (χ4n) is 1.58. The second-order valence-corrected chi connectivity index (χ2v) is 5.50. The van der Waals surface area contributed by atoms with Gasteiger partial charge in [-0.2, -0.15) is 0 Å². The first-order valence-corrected chi connectivity index (χ1v) is 6.84. The lowest BCUT2D eigenvalue weighted by atomic mass is 10.1. The van der Waals surface area contributed by atoms with Crippen LogP contribution < -0.4 is 5.32 Å². The number of nitrogens with one attached hydrogen (secondary N) is 1. The van der Waals surface area contributed by atoms with E-state index in [9.17, 15) is 4.79 Å². The Bertz CT molecular complexity index is 643. The van der Waals surface area contributed by atoms with Crippen LogP contribution in [-0.4, -0.2) is 10.9 Å². The fraction of sp³-hybridized carbons (Fsp3) is 0.143. The summed E-state index contributed by atoms with van der Waals surface area (Å²) in [7, 11) is 0. The first-order valence-electron chi connectivity index (χ1n) is 5.67. The molecule has 5 heteroatoms. The lowest BCUT2D eigenvalue weighted by Crippen LogP contribution is -2.13. The Morgan fingerprint density at radius 2 is 2.00 bits per heavy atom. The van der Waals surface area contributed by atoms with Crippen LogP contribution in [0.5, 0.6) is 0 Å². The quantitative estimate of drug-likeness (QED) is 0.883. The molecule has 98 valence electrons. The Balaban J connectivity index is 2.20. The minimum absolute atomic E-state index is 0.200. The third-order valence-corrected chi connectivity index (χ3v) is 3.96.